The summed E-state index contributed by atoms with van der Waals surface area (Å²) in [5.41, 5.74) is 7.88. The molecule has 0 fully saturated rings. The maximum atomic E-state index is 13.0. The minimum Gasteiger partial charge on any atom is -0.508 e. The molecule has 2 aromatic rings. The van der Waals surface area contributed by atoms with Gasteiger partial charge in [0.15, 0.2) is 5.78 Å². The number of fused-ring (bicyclic) bond motifs is 1. The Morgan fingerprint density at radius 3 is 2.65 bits per heavy atom. The molecule has 0 unspecified atom stereocenters. The van der Waals surface area contributed by atoms with Crippen LogP contribution in [0.15, 0.2) is 41.7 Å². The van der Waals surface area contributed by atoms with Gasteiger partial charge in [-0.2, -0.15) is 5.10 Å². The van der Waals surface area contributed by atoms with Crippen LogP contribution >= 0.6 is 0 Å². The second-order valence-corrected chi connectivity index (χ2v) is 7.67. The third-order valence-corrected chi connectivity index (χ3v) is 4.98. The summed E-state index contributed by atoms with van der Waals surface area (Å²) in [6.07, 6.45) is 2.56. The number of phenolic OH excluding ortho intramolecular Hbond substituents is 1. The van der Waals surface area contributed by atoms with Crippen molar-refractivity contribution in [1.82, 2.24) is 9.78 Å². The molecule has 0 spiro atoms. The third kappa shape index (κ3) is 2.47. The Morgan fingerprint density at radius 1 is 1.31 bits per heavy atom. The van der Waals surface area contributed by atoms with Gasteiger partial charge in [0.25, 0.3) is 5.91 Å². The van der Waals surface area contributed by atoms with Gasteiger partial charge >= 0.3 is 0 Å². The normalized spacial score (nSPS) is 21.0. The molecule has 1 aliphatic heterocycles. The lowest BCUT2D eigenvalue weighted by molar-refractivity contribution is -0.118. The van der Waals surface area contributed by atoms with Crippen molar-refractivity contribution in [3.8, 4) is 5.75 Å². The summed E-state index contributed by atoms with van der Waals surface area (Å²) in [6.45, 7) is 4.10. The SMILES string of the molecule is CC1(C)CC(=O)C2=C(C1)Nc1c(C(N)=O)cnn1[C@@H]2c1ccc(O)cc1. The number of Topliss-reactive ketones (excluding diaryl/α,β-unsaturated/α-hetero) is 1. The number of ketones is 1. The van der Waals surface area contributed by atoms with Crippen molar-refractivity contribution < 1.29 is 14.7 Å². The fourth-order valence-corrected chi connectivity index (χ4v) is 3.86. The number of carbonyl (C=O) groups is 2. The molecule has 1 amide bonds. The van der Waals surface area contributed by atoms with Crippen molar-refractivity contribution in [1.29, 1.82) is 0 Å². The molecule has 4 rings (SSSR count). The van der Waals surface area contributed by atoms with Gasteiger partial charge in [-0.3, -0.25) is 9.59 Å². The molecule has 2 aliphatic rings. The molecule has 0 radical (unpaired) electrons. The zero-order valence-electron chi connectivity index (χ0n) is 14.6. The molecule has 1 aromatic carbocycles. The van der Waals surface area contributed by atoms with Crippen molar-refractivity contribution in [3.63, 3.8) is 0 Å². The summed E-state index contributed by atoms with van der Waals surface area (Å²) < 4.78 is 1.63. The monoisotopic (exact) mass is 352 g/mol. The lowest BCUT2D eigenvalue weighted by Crippen LogP contribution is -2.37. The van der Waals surface area contributed by atoms with Gasteiger partial charge in [0, 0.05) is 17.7 Å². The Bertz CT molecular complexity index is 954. The summed E-state index contributed by atoms with van der Waals surface area (Å²) in [4.78, 5) is 24.8. The number of primary amides is 1. The summed E-state index contributed by atoms with van der Waals surface area (Å²) in [6, 6.07) is 6.22. The summed E-state index contributed by atoms with van der Waals surface area (Å²) in [7, 11) is 0. The molecule has 1 aliphatic carbocycles. The van der Waals surface area contributed by atoms with Crippen molar-refractivity contribution in [2.45, 2.75) is 32.7 Å². The predicted octanol–water partition coefficient (Wildman–Crippen LogP) is 2.35. The number of aromatic hydroxyl groups is 1. The fourth-order valence-electron chi connectivity index (χ4n) is 3.86. The van der Waals surface area contributed by atoms with E-state index in [1.165, 1.54) is 6.20 Å². The van der Waals surface area contributed by atoms with Gasteiger partial charge < -0.3 is 16.2 Å². The number of benzene rings is 1. The number of rotatable bonds is 2. The maximum Gasteiger partial charge on any atom is 0.254 e. The van der Waals surface area contributed by atoms with Crippen molar-refractivity contribution >= 4 is 17.5 Å². The van der Waals surface area contributed by atoms with Gasteiger partial charge in [-0.25, -0.2) is 4.68 Å². The second kappa shape index (κ2) is 5.45. The highest BCUT2D eigenvalue weighted by Gasteiger charge is 2.42. The number of hydrogen-bond acceptors (Lipinski definition) is 5. The van der Waals surface area contributed by atoms with Crippen molar-refractivity contribution in [2.75, 3.05) is 5.32 Å². The Morgan fingerprint density at radius 2 is 2.00 bits per heavy atom. The Hall–Kier alpha value is -3.09. The molecule has 7 nitrogen and oxygen atoms in total. The minimum absolute atomic E-state index is 0.0589. The van der Waals surface area contributed by atoms with E-state index in [1.807, 2.05) is 13.8 Å². The summed E-state index contributed by atoms with van der Waals surface area (Å²) in [5, 5.41) is 17.2. The number of phenols is 1. The van der Waals surface area contributed by atoms with E-state index in [1.54, 1.807) is 28.9 Å². The Kier molecular flexibility index (Phi) is 3.44. The number of hydrogen-bond donors (Lipinski definition) is 3. The van der Waals surface area contributed by atoms with Crippen LogP contribution in [-0.4, -0.2) is 26.6 Å². The molecule has 134 valence electrons. The number of amides is 1. The van der Waals surface area contributed by atoms with Crippen LogP contribution < -0.4 is 11.1 Å². The first-order valence-corrected chi connectivity index (χ1v) is 8.46. The summed E-state index contributed by atoms with van der Waals surface area (Å²) >= 11 is 0. The highest BCUT2D eigenvalue weighted by atomic mass is 16.3. The number of nitrogens with zero attached hydrogens (tertiary/aromatic N) is 2. The highest BCUT2D eigenvalue weighted by molar-refractivity contribution is 6.02. The minimum atomic E-state index is -0.575. The first-order valence-electron chi connectivity index (χ1n) is 8.46. The van der Waals surface area contributed by atoms with Crippen LogP contribution in [0.1, 0.15) is 48.7 Å². The topological polar surface area (TPSA) is 110 Å². The molecule has 1 aromatic heterocycles. The lowest BCUT2D eigenvalue weighted by Gasteiger charge is -2.39. The molecular formula is C19H20N4O3. The molecule has 2 heterocycles. The van der Waals surface area contributed by atoms with Gasteiger partial charge in [0.05, 0.1) is 6.20 Å². The smallest absolute Gasteiger partial charge is 0.254 e. The average molecular weight is 352 g/mol. The zero-order valence-corrected chi connectivity index (χ0v) is 14.6. The van der Waals surface area contributed by atoms with E-state index in [0.717, 1.165) is 11.3 Å². The molecule has 26 heavy (non-hydrogen) atoms. The lowest BCUT2D eigenvalue weighted by atomic mass is 9.73. The van der Waals surface area contributed by atoms with E-state index in [4.69, 9.17) is 5.73 Å². The molecule has 1 atom stereocenters. The highest BCUT2D eigenvalue weighted by Crippen LogP contribution is 2.46. The van der Waals surface area contributed by atoms with Crippen LogP contribution in [0, 0.1) is 5.41 Å². The number of carbonyl (C=O) groups excluding carboxylic acids is 2. The molecular weight excluding hydrogens is 332 g/mol. The summed E-state index contributed by atoms with van der Waals surface area (Å²) in [5.74, 6) is 0.128. The number of anilines is 1. The standard InChI is InChI=1S/C19H20N4O3/c1-19(2)7-13-15(14(25)8-19)16(10-3-5-11(24)6-4-10)23-18(22-13)12(9-21-23)17(20)26/h3-6,9,16,22,24H,7-8H2,1-2H3,(H2,20,26)/t16-/m1/s1. The zero-order chi connectivity index (χ0) is 18.6. The van der Waals surface area contributed by atoms with Crippen LogP contribution in [-0.2, 0) is 4.79 Å². The van der Waals surface area contributed by atoms with E-state index >= 15 is 0 Å². The first-order chi connectivity index (χ1) is 12.3. The van der Waals surface area contributed by atoms with Crippen LogP contribution in [0.4, 0.5) is 5.82 Å². The van der Waals surface area contributed by atoms with Gasteiger partial charge in [-0.05, 0) is 29.5 Å². The van der Waals surface area contributed by atoms with Crippen molar-refractivity contribution in [2.24, 2.45) is 11.1 Å². The van der Waals surface area contributed by atoms with E-state index in [0.29, 0.717) is 24.2 Å². The van der Waals surface area contributed by atoms with Crippen LogP contribution in [0.3, 0.4) is 0 Å². The Balaban J connectivity index is 1.94. The molecule has 0 saturated heterocycles. The van der Waals surface area contributed by atoms with Gasteiger partial charge in [-0.15, -0.1) is 0 Å². The molecule has 0 saturated carbocycles. The number of allylic oxidation sites excluding steroid dienone is 2. The molecule has 0 bridgehead atoms. The van der Waals surface area contributed by atoms with E-state index in [2.05, 4.69) is 10.4 Å². The van der Waals surface area contributed by atoms with Crippen LogP contribution in [0.5, 0.6) is 5.75 Å². The van der Waals surface area contributed by atoms with Crippen LogP contribution in [0.25, 0.3) is 0 Å². The second-order valence-electron chi connectivity index (χ2n) is 7.67. The van der Waals surface area contributed by atoms with Crippen LogP contribution in [0.2, 0.25) is 0 Å². The maximum absolute atomic E-state index is 13.0. The fraction of sp³-hybridized carbons (Fsp3) is 0.316. The molecule has 7 heteroatoms. The van der Waals surface area contributed by atoms with Crippen molar-refractivity contribution in [3.05, 3.63) is 52.9 Å². The predicted molar refractivity (Wildman–Crippen MR) is 95.7 cm³/mol. The first kappa shape index (κ1) is 16.4. The van der Waals surface area contributed by atoms with E-state index in [9.17, 15) is 14.7 Å². The van der Waals surface area contributed by atoms with Gasteiger partial charge in [-0.1, -0.05) is 26.0 Å². The largest absolute Gasteiger partial charge is 0.508 e. The number of aromatic nitrogens is 2. The van der Waals surface area contributed by atoms with E-state index in [-0.39, 0.29) is 22.5 Å². The van der Waals surface area contributed by atoms with Gasteiger partial charge in [0.1, 0.15) is 23.2 Å². The number of nitrogens with two attached hydrogens (primary N) is 1. The quantitative estimate of drug-likeness (QED) is 0.768. The molecule has 4 N–H and O–H groups in total. The Labute approximate surface area is 150 Å². The average Bonchev–Trinajstić information content (AvgIpc) is 2.96. The van der Waals surface area contributed by atoms with Gasteiger partial charge in [0.2, 0.25) is 0 Å². The third-order valence-electron chi connectivity index (χ3n) is 4.98. The number of nitrogens with one attached hydrogen (secondary N) is 1. The van der Waals surface area contributed by atoms with E-state index < -0.39 is 11.9 Å².